The maximum atomic E-state index is 12.0. The molecule has 2 rings (SSSR count). The molecule has 1 amide bonds. The first-order valence-corrected chi connectivity index (χ1v) is 7.38. The normalized spacial score (nSPS) is 18.6. The van der Waals surface area contributed by atoms with Crippen molar-refractivity contribution in [2.75, 3.05) is 26.7 Å². The van der Waals surface area contributed by atoms with E-state index >= 15 is 0 Å². The Morgan fingerprint density at radius 1 is 1.50 bits per heavy atom. The van der Waals surface area contributed by atoms with Crippen molar-refractivity contribution >= 4 is 17.5 Å². The number of nitrogens with zero attached hydrogens (tertiary/aromatic N) is 1. The highest BCUT2D eigenvalue weighted by molar-refractivity contribution is 6.30. The molecule has 0 spiro atoms. The Hall–Kier alpha value is -1.26. The van der Waals surface area contributed by atoms with Crippen LogP contribution in [0.15, 0.2) is 24.3 Å². The lowest BCUT2D eigenvalue weighted by Gasteiger charge is -2.28. The topological polar surface area (TPSA) is 41.6 Å². The zero-order valence-electron chi connectivity index (χ0n) is 11.8. The van der Waals surface area contributed by atoms with Crippen LogP contribution >= 0.6 is 11.6 Å². The molecule has 1 heterocycles. The molecule has 1 aromatic rings. The summed E-state index contributed by atoms with van der Waals surface area (Å²) < 4.78 is 5.46. The molecule has 0 aromatic heterocycles. The van der Waals surface area contributed by atoms with Gasteiger partial charge in [-0.2, -0.15) is 0 Å². The minimum atomic E-state index is -0.0163. The predicted molar refractivity (Wildman–Crippen MR) is 80.2 cm³/mol. The number of nitrogens with one attached hydrogen (secondary N) is 1. The summed E-state index contributed by atoms with van der Waals surface area (Å²) in [6.07, 6.45) is 3.59. The van der Waals surface area contributed by atoms with E-state index in [0.29, 0.717) is 16.8 Å². The first kappa shape index (κ1) is 15.1. The van der Waals surface area contributed by atoms with Crippen LogP contribution in [-0.2, 0) is 4.79 Å². The van der Waals surface area contributed by atoms with Gasteiger partial charge >= 0.3 is 0 Å². The summed E-state index contributed by atoms with van der Waals surface area (Å²) in [6.45, 7) is 1.83. The minimum Gasteiger partial charge on any atom is -0.484 e. The standard InChI is InChI=1S/C15H21ClN2O2/c1-18(10-13-6-2-3-8-17-13)15(19)11-20-14-7-4-5-12(16)9-14/h4-5,7,9,13,17H,2-3,6,8,10-11H2,1H3. The lowest BCUT2D eigenvalue weighted by Crippen LogP contribution is -2.45. The molecule has 1 fully saturated rings. The second-order valence-corrected chi connectivity index (χ2v) is 5.60. The molecule has 0 bridgehead atoms. The lowest BCUT2D eigenvalue weighted by molar-refractivity contribution is -0.132. The third-order valence-corrected chi connectivity index (χ3v) is 3.73. The third-order valence-electron chi connectivity index (χ3n) is 3.49. The van der Waals surface area contributed by atoms with Crippen molar-refractivity contribution in [2.24, 2.45) is 0 Å². The lowest BCUT2D eigenvalue weighted by atomic mass is 10.0. The number of hydrogen-bond donors (Lipinski definition) is 1. The first-order valence-electron chi connectivity index (χ1n) is 7.01. The second kappa shape index (κ2) is 7.50. The SMILES string of the molecule is CN(CC1CCCCN1)C(=O)COc1cccc(Cl)c1. The summed E-state index contributed by atoms with van der Waals surface area (Å²) in [5.41, 5.74) is 0. The molecule has 1 atom stereocenters. The quantitative estimate of drug-likeness (QED) is 0.907. The Morgan fingerprint density at radius 2 is 2.35 bits per heavy atom. The van der Waals surface area contributed by atoms with E-state index in [1.165, 1.54) is 12.8 Å². The highest BCUT2D eigenvalue weighted by Crippen LogP contribution is 2.17. The molecule has 1 aliphatic heterocycles. The Bertz CT molecular complexity index is 447. The average molecular weight is 297 g/mol. The van der Waals surface area contributed by atoms with Gasteiger partial charge < -0.3 is 15.0 Å². The molecule has 1 N–H and O–H groups in total. The van der Waals surface area contributed by atoms with Gasteiger partial charge in [0.15, 0.2) is 6.61 Å². The van der Waals surface area contributed by atoms with Gasteiger partial charge in [0.25, 0.3) is 5.91 Å². The maximum Gasteiger partial charge on any atom is 0.260 e. The van der Waals surface area contributed by atoms with Crippen molar-refractivity contribution in [1.29, 1.82) is 0 Å². The number of amides is 1. The molecule has 20 heavy (non-hydrogen) atoms. The fourth-order valence-electron chi connectivity index (χ4n) is 2.32. The number of carbonyl (C=O) groups is 1. The van der Waals surface area contributed by atoms with Crippen molar-refractivity contribution in [2.45, 2.75) is 25.3 Å². The van der Waals surface area contributed by atoms with E-state index in [2.05, 4.69) is 5.32 Å². The Labute approximate surface area is 125 Å². The number of halogens is 1. The molecular weight excluding hydrogens is 276 g/mol. The van der Waals surface area contributed by atoms with Crippen molar-refractivity contribution in [3.05, 3.63) is 29.3 Å². The summed E-state index contributed by atoms with van der Waals surface area (Å²) in [4.78, 5) is 13.7. The number of carbonyl (C=O) groups excluding carboxylic acids is 1. The molecular formula is C15H21ClN2O2. The number of hydrogen-bond acceptors (Lipinski definition) is 3. The van der Waals surface area contributed by atoms with Gasteiger partial charge in [0.2, 0.25) is 0 Å². The van der Waals surface area contributed by atoms with Gasteiger partial charge in [-0.1, -0.05) is 24.1 Å². The van der Waals surface area contributed by atoms with E-state index in [9.17, 15) is 4.79 Å². The van der Waals surface area contributed by atoms with Gasteiger partial charge in [0, 0.05) is 24.7 Å². The molecule has 1 unspecified atom stereocenters. The Morgan fingerprint density at radius 3 is 3.05 bits per heavy atom. The third kappa shape index (κ3) is 4.69. The smallest absolute Gasteiger partial charge is 0.260 e. The zero-order chi connectivity index (χ0) is 14.4. The van der Waals surface area contributed by atoms with Gasteiger partial charge in [-0.3, -0.25) is 4.79 Å². The number of ether oxygens (including phenoxy) is 1. The van der Waals surface area contributed by atoms with E-state index in [0.717, 1.165) is 19.5 Å². The number of likely N-dealkylation sites (N-methyl/N-ethyl adjacent to an activating group) is 1. The van der Waals surface area contributed by atoms with Gasteiger partial charge in [-0.25, -0.2) is 0 Å². The van der Waals surface area contributed by atoms with Crippen LogP contribution in [0, 0.1) is 0 Å². The van der Waals surface area contributed by atoms with Crippen LogP contribution in [-0.4, -0.2) is 43.6 Å². The summed E-state index contributed by atoms with van der Waals surface area (Å²) in [7, 11) is 1.82. The van der Waals surface area contributed by atoms with Crippen LogP contribution in [0.1, 0.15) is 19.3 Å². The molecule has 1 aliphatic rings. The Balaban J connectivity index is 1.76. The first-order chi connectivity index (χ1) is 9.65. The molecule has 5 heteroatoms. The van der Waals surface area contributed by atoms with Crippen molar-refractivity contribution in [1.82, 2.24) is 10.2 Å². The summed E-state index contributed by atoms with van der Waals surface area (Å²) in [5.74, 6) is 0.604. The predicted octanol–water partition coefficient (Wildman–Crippen LogP) is 2.32. The van der Waals surface area contributed by atoms with Crippen LogP contribution in [0.25, 0.3) is 0 Å². The van der Waals surface area contributed by atoms with Crippen LogP contribution in [0.2, 0.25) is 5.02 Å². The fraction of sp³-hybridized carbons (Fsp3) is 0.533. The molecule has 110 valence electrons. The van der Waals surface area contributed by atoms with Crippen LogP contribution in [0.5, 0.6) is 5.75 Å². The largest absolute Gasteiger partial charge is 0.484 e. The highest BCUT2D eigenvalue weighted by atomic mass is 35.5. The second-order valence-electron chi connectivity index (χ2n) is 5.17. The van der Waals surface area contributed by atoms with Crippen molar-refractivity contribution in [3.8, 4) is 5.75 Å². The van der Waals surface area contributed by atoms with E-state index < -0.39 is 0 Å². The summed E-state index contributed by atoms with van der Waals surface area (Å²) >= 11 is 5.87. The van der Waals surface area contributed by atoms with Gasteiger partial charge in [0.05, 0.1) is 0 Å². The molecule has 0 radical (unpaired) electrons. The van der Waals surface area contributed by atoms with Gasteiger partial charge in [0.1, 0.15) is 5.75 Å². The molecule has 0 aliphatic carbocycles. The summed E-state index contributed by atoms with van der Waals surface area (Å²) in [5, 5.41) is 4.04. The van der Waals surface area contributed by atoms with E-state index in [4.69, 9.17) is 16.3 Å². The number of piperidine rings is 1. The average Bonchev–Trinajstić information content (AvgIpc) is 2.46. The molecule has 1 saturated heterocycles. The highest BCUT2D eigenvalue weighted by Gasteiger charge is 2.17. The minimum absolute atomic E-state index is 0.0163. The molecule has 0 saturated carbocycles. The molecule has 1 aromatic carbocycles. The van der Waals surface area contributed by atoms with Crippen LogP contribution in [0.4, 0.5) is 0 Å². The van der Waals surface area contributed by atoms with E-state index in [1.54, 1.807) is 29.2 Å². The maximum absolute atomic E-state index is 12.0. The summed E-state index contributed by atoms with van der Waals surface area (Å²) in [6, 6.07) is 7.48. The number of rotatable bonds is 5. The van der Waals surface area contributed by atoms with Crippen molar-refractivity contribution < 1.29 is 9.53 Å². The van der Waals surface area contributed by atoms with Crippen molar-refractivity contribution in [3.63, 3.8) is 0 Å². The van der Waals surface area contributed by atoms with E-state index in [-0.39, 0.29) is 12.5 Å². The van der Waals surface area contributed by atoms with Crippen LogP contribution in [0.3, 0.4) is 0 Å². The zero-order valence-corrected chi connectivity index (χ0v) is 12.5. The van der Waals surface area contributed by atoms with Gasteiger partial charge in [-0.05, 0) is 37.6 Å². The fourth-order valence-corrected chi connectivity index (χ4v) is 2.50. The van der Waals surface area contributed by atoms with E-state index in [1.807, 2.05) is 7.05 Å². The van der Waals surface area contributed by atoms with Gasteiger partial charge in [-0.15, -0.1) is 0 Å². The molecule has 4 nitrogen and oxygen atoms in total. The Kier molecular flexibility index (Phi) is 5.68. The van der Waals surface area contributed by atoms with Crippen LogP contribution < -0.4 is 10.1 Å². The number of benzene rings is 1. The monoisotopic (exact) mass is 296 g/mol.